The van der Waals surface area contributed by atoms with Crippen molar-refractivity contribution in [3.05, 3.63) is 0 Å². The van der Waals surface area contributed by atoms with E-state index < -0.39 is 0 Å². The van der Waals surface area contributed by atoms with Crippen molar-refractivity contribution in [2.24, 2.45) is 16.7 Å². The van der Waals surface area contributed by atoms with Gasteiger partial charge in [0.05, 0.1) is 13.1 Å². The first-order valence-electron chi connectivity index (χ1n) is 8.11. The summed E-state index contributed by atoms with van der Waals surface area (Å²) in [6.45, 7) is 8.77. The van der Waals surface area contributed by atoms with Crippen molar-refractivity contribution in [3.8, 4) is 0 Å². The number of rotatable bonds is 3. The molecule has 3 atom stereocenters. The van der Waals surface area contributed by atoms with Crippen LogP contribution in [0.3, 0.4) is 0 Å². The van der Waals surface area contributed by atoms with E-state index in [1.165, 1.54) is 19.3 Å². The zero-order chi connectivity index (χ0) is 15.3. The van der Waals surface area contributed by atoms with Gasteiger partial charge in [-0.1, -0.05) is 20.8 Å². The van der Waals surface area contributed by atoms with Crippen LogP contribution in [0.15, 0.2) is 0 Å². The molecule has 0 spiro atoms. The summed E-state index contributed by atoms with van der Waals surface area (Å²) in [6, 6.07) is 0.395. The number of amides is 2. The van der Waals surface area contributed by atoms with Crippen LogP contribution in [-0.2, 0) is 9.59 Å². The summed E-state index contributed by atoms with van der Waals surface area (Å²) in [4.78, 5) is 25.3. The fourth-order valence-electron chi connectivity index (χ4n) is 4.96. The average Bonchev–Trinajstić information content (AvgIpc) is 2.89. The first-order chi connectivity index (χ1) is 9.83. The van der Waals surface area contributed by atoms with E-state index >= 15 is 0 Å². The number of carbonyl (C=O) groups excluding carboxylic acids is 2. The fraction of sp³-hybridized carbons (Fsp3) is 0.875. The Kier molecular flexibility index (Phi) is 3.51. The van der Waals surface area contributed by atoms with Crippen LogP contribution in [0.2, 0.25) is 0 Å². The Bertz CT molecular complexity index is 458. The van der Waals surface area contributed by atoms with Crippen molar-refractivity contribution < 1.29 is 9.59 Å². The van der Waals surface area contributed by atoms with Gasteiger partial charge in [0.25, 0.3) is 0 Å². The lowest BCUT2D eigenvalue weighted by molar-refractivity contribution is -0.137. The first-order valence-corrected chi connectivity index (χ1v) is 8.11. The molecule has 0 radical (unpaired) electrons. The van der Waals surface area contributed by atoms with Crippen LogP contribution in [0.5, 0.6) is 0 Å². The van der Waals surface area contributed by atoms with Crippen LogP contribution in [0.4, 0.5) is 0 Å². The highest BCUT2D eigenvalue weighted by atomic mass is 16.2. The molecule has 2 N–H and O–H groups in total. The molecule has 5 heteroatoms. The van der Waals surface area contributed by atoms with Gasteiger partial charge in [-0.15, -0.1) is 0 Å². The van der Waals surface area contributed by atoms with Gasteiger partial charge >= 0.3 is 0 Å². The summed E-state index contributed by atoms with van der Waals surface area (Å²) >= 11 is 0. The molecule has 0 aromatic heterocycles. The van der Waals surface area contributed by atoms with E-state index in [-0.39, 0.29) is 23.8 Å². The van der Waals surface area contributed by atoms with Crippen molar-refractivity contribution in [1.82, 2.24) is 15.5 Å². The van der Waals surface area contributed by atoms with Crippen molar-refractivity contribution in [2.45, 2.75) is 46.1 Å². The maximum Gasteiger partial charge on any atom is 0.239 e. The van der Waals surface area contributed by atoms with E-state index in [9.17, 15) is 9.59 Å². The molecule has 3 rings (SSSR count). The van der Waals surface area contributed by atoms with Gasteiger partial charge in [0.15, 0.2) is 0 Å². The molecule has 1 saturated heterocycles. The quantitative estimate of drug-likeness (QED) is 0.807. The largest absolute Gasteiger partial charge is 0.353 e. The summed E-state index contributed by atoms with van der Waals surface area (Å²) in [5.74, 6) is 0.768. The van der Waals surface area contributed by atoms with Crippen LogP contribution in [0.1, 0.15) is 40.0 Å². The minimum atomic E-state index is -0.0539. The summed E-state index contributed by atoms with van der Waals surface area (Å²) < 4.78 is 0. The van der Waals surface area contributed by atoms with Gasteiger partial charge in [-0.3, -0.25) is 9.59 Å². The Labute approximate surface area is 126 Å². The van der Waals surface area contributed by atoms with Gasteiger partial charge < -0.3 is 15.5 Å². The molecule has 5 nitrogen and oxygen atoms in total. The highest BCUT2D eigenvalue weighted by Gasteiger charge is 2.59. The molecule has 2 saturated carbocycles. The molecule has 21 heavy (non-hydrogen) atoms. The van der Waals surface area contributed by atoms with Gasteiger partial charge in [0.2, 0.25) is 11.8 Å². The van der Waals surface area contributed by atoms with Crippen molar-refractivity contribution in [2.75, 3.05) is 26.2 Å². The predicted octanol–water partition coefficient (Wildman–Crippen LogP) is 0.749. The number of fused-ring (bicyclic) bond motifs is 2. The van der Waals surface area contributed by atoms with Crippen molar-refractivity contribution >= 4 is 11.8 Å². The lowest BCUT2D eigenvalue weighted by atomic mass is 9.68. The number of nitrogens with zero attached hydrogens (tertiary/aromatic N) is 1. The molecular formula is C16H27N3O2. The summed E-state index contributed by atoms with van der Waals surface area (Å²) in [5.41, 5.74) is 0.584. The number of hydrogen-bond donors (Lipinski definition) is 2. The van der Waals surface area contributed by atoms with E-state index in [2.05, 4.69) is 31.4 Å². The van der Waals surface area contributed by atoms with Crippen molar-refractivity contribution in [3.63, 3.8) is 0 Å². The molecule has 1 heterocycles. The number of nitrogens with one attached hydrogen (secondary N) is 2. The third-order valence-corrected chi connectivity index (χ3v) is 6.12. The van der Waals surface area contributed by atoms with Gasteiger partial charge in [-0.2, -0.15) is 0 Å². The van der Waals surface area contributed by atoms with E-state index in [1.54, 1.807) is 4.90 Å². The third kappa shape index (κ3) is 2.45. The molecule has 3 fully saturated rings. The lowest BCUT2D eigenvalue weighted by Crippen LogP contribution is -2.56. The van der Waals surface area contributed by atoms with Crippen LogP contribution >= 0.6 is 0 Å². The molecule has 0 aromatic carbocycles. The summed E-state index contributed by atoms with van der Waals surface area (Å²) in [7, 11) is 0. The zero-order valence-electron chi connectivity index (χ0n) is 13.4. The monoisotopic (exact) mass is 293 g/mol. The topological polar surface area (TPSA) is 61.4 Å². The average molecular weight is 293 g/mol. The zero-order valence-corrected chi connectivity index (χ0v) is 13.4. The second kappa shape index (κ2) is 4.97. The molecule has 3 unspecified atom stereocenters. The van der Waals surface area contributed by atoms with Gasteiger partial charge in [-0.05, 0) is 36.0 Å². The second-order valence-electron chi connectivity index (χ2n) is 7.89. The number of carbonyl (C=O) groups is 2. The Morgan fingerprint density at radius 2 is 2.19 bits per heavy atom. The molecule has 2 bridgehead atoms. The third-order valence-electron chi connectivity index (χ3n) is 6.12. The van der Waals surface area contributed by atoms with Crippen LogP contribution < -0.4 is 10.6 Å². The van der Waals surface area contributed by atoms with E-state index in [1.807, 2.05) is 0 Å². The van der Waals surface area contributed by atoms with E-state index in [0.29, 0.717) is 31.1 Å². The molecule has 1 aliphatic heterocycles. The van der Waals surface area contributed by atoms with Gasteiger partial charge in [0.1, 0.15) is 0 Å². The minimum Gasteiger partial charge on any atom is -0.353 e. The first kappa shape index (κ1) is 14.8. The molecule has 2 amide bonds. The van der Waals surface area contributed by atoms with E-state index in [4.69, 9.17) is 0 Å². The molecule has 118 valence electrons. The molecule has 2 aliphatic carbocycles. The fourth-order valence-corrected chi connectivity index (χ4v) is 4.96. The maximum atomic E-state index is 12.3. The summed E-state index contributed by atoms with van der Waals surface area (Å²) in [6.07, 6.45) is 3.86. The van der Waals surface area contributed by atoms with Gasteiger partial charge in [0, 0.05) is 19.1 Å². The summed E-state index contributed by atoms with van der Waals surface area (Å²) in [5, 5.41) is 6.28. The second-order valence-corrected chi connectivity index (χ2v) is 7.89. The Hall–Kier alpha value is -1.10. The lowest BCUT2D eigenvalue weighted by Gasteiger charge is -2.43. The number of piperazine rings is 1. The molecule has 0 aromatic rings. The number of hydrogen-bond acceptors (Lipinski definition) is 3. The highest BCUT2D eigenvalue weighted by molar-refractivity contribution is 5.86. The van der Waals surface area contributed by atoms with Gasteiger partial charge in [-0.25, -0.2) is 0 Å². The standard InChI is InChI=1S/C16H27N3O2/c1-15(2)11-4-5-16(3,8-11)14(15)18-9-13(21)19-7-6-17-12(20)10-19/h11,14,18H,4-10H2,1-3H3,(H,17,20). The smallest absolute Gasteiger partial charge is 0.239 e. The minimum absolute atomic E-state index is 0.0482. The predicted molar refractivity (Wildman–Crippen MR) is 80.6 cm³/mol. The Morgan fingerprint density at radius 1 is 1.43 bits per heavy atom. The Balaban J connectivity index is 1.60. The van der Waals surface area contributed by atoms with Crippen molar-refractivity contribution in [1.29, 1.82) is 0 Å². The van der Waals surface area contributed by atoms with Crippen LogP contribution in [0.25, 0.3) is 0 Å². The maximum absolute atomic E-state index is 12.3. The highest BCUT2D eigenvalue weighted by Crippen LogP contribution is 2.62. The van der Waals surface area contributed by atoms with Crippen LogP contribution in [0, 0.1) is 16.7 Å². The van der Waals surface area contributed by atoms with Crippen LogP contribution in [-0.4, -0.2) is 48.9 Å². The molecule has 3 aliphatic rings. The SMILES string of the molecule is CC12CCC(C1)C(C)(C)C2NCC(=O)N1CCNC(=O)C1. The van der Waals surface area contributed by atoms with E-state index in [0.717, 1.165) is 5.92 Å². The Morgan fingerprint density at radius 3 is 2.81 bits per heavy atom. The normalized spacial score (nSPS) is 37.7. The molecular weight excluding hydrogens is 266 g/mol.